The van der Waals surface area contributed by atoms with E-state index in [1.54, 1.807) is 11.9 Å². The quantitative estimate of drug-likeness (QED) is 0.643. The van der Waals surface area contributed by atoms with Crippen LogP contribution in [0.5, 0.6) is 0 Å². The number of thioether (sulfide) groups is 1. The maximum Gasteiger partial charge on any atom is 0.233 e. The molecule has 1 amide bonds. The smallest absolute Gasteiger partial charge is 0.233 e. The molecule has 0 unspecified atom stereocenters. The maximum absolute atomic E-state index is 12.1. The maximum atomic E-state index is 12.1. The van der Waals surface area contributed by atoms with Gasteiger partial charge < -0.3 is 16.4 Å². The number of carbonyl (C=O) groups excluding carboxylic acids is 1. The average molecular weight is 317 g/mol. The number of nitrogens with two attached hydrogens (primary N) is 2. The minimum absolute atomic E-state index is 0.00447. The number of amides is 1. The molecule has 4 N–H and O–H groups in total. The number of anilines is 2. The summed E-state index contributed by atoms with van der Waals surface area (Å²) in [4.78, 5) is 21.9. The first-order valence-electron chi connectivity index (χ1n) is 6.76. The predicted molar refractivity (Wildman–Crippen MR) is 89.2 cm³/mol. The Morgan fingerprint density at radius 3 is 2.36 bits per heavy atom. The number of rotatable bonds is 5. The van der Waals surface area contributed by atoms with E-state index < -0.39 is 0 Å². The molecule has 22 heavy (non-hydrogen) atoms. The summed E-state index contributed by atoms with van der Waals surface area (Å²) < 4.78 is 0. The van der Waals surface area contributed by atoms with Crippen LogP contribution in [0.15, 0.2) is 35.5 Å². The lowest BCUT2D eigenvalue weighted by molar-refractivity contribution is -0.127. The largest absolute Gasteiger partial charge is 0.383 e. The van der Waals surface area contributed by atoms with E-state index in [0.717, 1.165) is 5.56 Å². The van der Waals surface area contributed by atoms with Crippen LogP contribution < -0.4 is 11.5 Å². The van der Waals surface area contributed by atoms with Crippen LogP contribution in [0.4, 0.5) is 11.6 Å². The lowest BCUT2D eigenvalue weighted by Gasteiger charge is -2.17. The van der Waals surface area contributed by atoms with Crippen LogP contribution in [0.1, 0.15) is 11.1 Å². The van der Waals surface area contributed by atoms with Crippen molar-refractivity contribution in [1.29, 1.82) is 0 Å². The van der Waals surface area contributed by atoms with Crippen LogP contribution in [0.2, 0.25) is 0 Å². The van der Waals surface area contributed by atoms with Gasteiger partial charge in [0.1, 0.15) is 11.6 Å². The molecule has 0 aliphatic carbocycles. The molecular formula is C15H19N5OS. The van der Waals surface area contributed by atoms with Gasteiger partial charge in [0, 0.05) is 19.7 Å². The van der Waals surface area contributed by atoms with Crippen molar-refractivity contribution in [2.75, 3.05) is 24.3 Å². The van der Waals surface area contributed by atoms with Crippen molar-refractivity contribution in [2.45, 2.75) is 18.6 Å². The fourth-order valence-corrected chi connectivity index (χ4v) is 2.63. The molecule has 1 aromatic carbocycles. The van der Waals surface area contributed by atoms with Gasteiger partial charge in [0.15, 0.2) is 5.16 Å². The second kappa shape index (κ2) is 7.13. The van der Waals surface area contributed by atoms with E-state index in [2.05, 4.69) is 9.97 Å². The number of nitrogens with zero attached hydrogens (tertiary/aromatic N) is 3. The van der Waals surface area contributed by atoms with Gasteiger partial charge >= 0.3 is 0 Å². The molecule has 0 radical (unpaired) electrons. The first-order valence-corrected chi connectivity index (χ1v) is 7.75. The van der Waals surface area contributed by atoms with Crippen molar-refractivity contribution in [3.63, 3.8) is 0 Å². The molecule has 0 atom stereocenters. The molecule has 2 aromatic rings. The van der Waals surface area contributed by atoms with Crippen molar-refractivity contribution in [3.8, 4) is 0 Å². The van der Waals surface area contributed by atoms with Crippen molar-refractivity contribution >= 4 is 29.3 Å². The molecule has 116 valence electrons. The van der Waals surface area contributed by atoms with Crippen molar-refractivity contribution in [3.05, 3.63) is 41.5 Å². The Morgan fingerprint density at radius 1 is 1.18 bits per heavy atom. The van der Waals surface area contributed by atoms with Crippen LogP contribution >= 0.6 is 11.8 Å². The van der Waals surface area contributed by atoms with E-state index in [9.17, 15) is 4.79 Å². The normalized spacial score (nSPS) is 10.5. The highest BCUT2D eigenvalue weighted by atomic mass is 32.2. The van der Waals surface area contributed by atoms with Gasteiger partial charge in [-0.1, -0.05) is 41.6 Å². The highest BCUT2D eigenvalue weighted by Gasteiger charge is 2.11. The Hall–Kier alpha value is -2.28. The van der Waals surface area contributed by atoms with Crippen LogP contribution in [0.25, 0.3) is 0 Å². The number of hydrogen-bond acceptors (Lipinski definition) is 6. The second-order valence-electron chi connectivity index (χ2n) is 5.02. The molecule has 7 heteroatoms. The molecule has 0 aliphatic rings. The zero-order chi connectivity index (χ0) is 16.1. The summed E-state index contributed by atoms with van der Waals surface area (Å²) in [5.74, 6) is 0.840. The number of benzene rings is 1. The Bertz CT molecular complexity index is 639. The van der Waals surface area contributed by atoms with Gasteiger partial charge in [0.2, 0.25) is 5.91 Å². The zero-order valence-electron chi connectivity index (χ0n) is 12.6. The molecule has 2 rings (SSSR count). The fraction of sp³-hybridized carbons (Fsp3) is 0.267. The molecule has 1 aromatic heterocycles. The number of carbonyl (C=O) groups is 1. The van der Waals surface area contributed by atoms with Crippen LogP contribution in [-0.4, -0.2) is 33.6 Å². The van der Waals surface area contributed by atoms with Gasteiger partial charge in [-0.2, -0.15) is 0 Å². The molecule has 0 spiro atoms. The van der Waals surface area contributed by atoms with Crippen molar-refractivity contribution in [2.24, 2.45) is 0 Å². The molecule has 0 saturated heterocycles. The fourth-order valence-electron chi connectivity index (χ4n) is 1.82. The topological polar surface area (TPSA) is 98.1 Å². The van der Waals surface area contributed by atoms with Crippen molar-refractivity contribution in [1.82, 2.24) is 14.9 Å². The summed E-state index contributed by atoms with van der Waals surface area (Å²) in [6, 6.07) is 9.59. The van der Waals surface area contributed by atoms with Crippen LogP contribution in [0.3, 0.4) is 0 Å². The van der Waals surface area contributed by atoms with E-state index in [4.69, 9.17) is 11.5 Å². The number of aromatic nitrogens is 2. The lowest BCUT2D eigenvalue weighted by atomic mass is 10.1. The third-order valence-electron chi connectivity index (χ3n) is 3.04. The molecule has 0 saturated carbocycles. The summed E-state index contributed by atoms with van der Waals surface area (Å²) in [5.41, 5.74) is 13.5. The van der Waals surface area contributed by atoms with Gasteiger partial charge in [-0.05, 0) is 12.5 Å². The predicted octanol–water partition coefficient (Wildman–Crippen LogP) is 1.70. The minimum atomic E-state index is -0.00447. The summed E-state index contributed by atoms with van der Waals surface area (Å²) >= 11 is 1.22. The summed E-state index contributed by atoms with van der Waals surface area (Å²) in [7, 11) is 1.78. The molecule has 0 bridgehead atoms. The Morgan fingerprint density at radius 2 is 1.77 bits per heavy atom. The summed E-state index contributed by atoms with van der Waals surface area (Å²) in [6.07, 6.45) is 0. The average Bonchev–Trinajstić information content (AvgIpc) is 2.46. The first kappa shape index (κ1) is 16.1. The third kappa shape index (κ3) is 4.63. The van der Waals surface area contributed by atoms with Gasteiger partial charge in [-0.25, -0.2) is 9.97 Å². The third-order valence-corrected chi connectivity index (χ3v) is 3.87. The minimum Gasteiger partial charge on any atom is -0.383 e. The highest BCUT2D eigenvalue weighted by Crippen LogP contribution is 2.17. The Labute approximate surface area is 133 Å². The van der Waals surface area contributed by atoms with E-state index in [1.807, 2.05) is 31.2 Å². The van der Waals surface area contributed by atoms with Gasteiger partial charge in [-0.15, -0.1) is 0 Å². The summed E-state index contributed by atoms with van der Waals surface area (Å²) in [6.45, 7) is 2.60. The SMILES string of the molecule is Cc1ccc(CN(C)C(=O)CSc2nc(N)cc(N)n2)cc1. The molecular weight excluding hydrogens is 298 g/mol. The van der Waals surface area contributed by atoms with Crippen LogP contribution in [-0.2, 0) is 11.3 Å². The number of aryl methyl sites for hydroxylation is 1. The van der Waals surface area contributed by atoms with Crippen LogP contribution in [0, 0.1) is 6.92 Å². The lowest BCUT2D eigenvalue weighted by Crippen LogP contribution is -2.27. The summed E-state index contributed by atoms with van der Waals surface area (Å²) in [5, 5.41) is 0.412. The molecule has 0 aliphatic heterocycles. The second-order valence-corrected chi connectivity index (χ2v) is 5.97. The number of hydrogen-bond donors (Lipinski definition) is 2. The van der Waals surface area contributed by atoms with E-state index >= 15 is 0 Å². The standard InChI is InChI=1S/C15H19N5OS/c1-10-3-5-11(6-4-10)8-20(2)14(21)9-22-15-18-12(16)7-13(17)19-15/h3-7H,8-9H2,1-2H3,(H4,16,17,18,19). The molecule has 1 heterocycles. The van der Waals surface area contributed by atoms with Gasteiger partial charge in [0.25, 0.3) is 0 Å². The zero-order valence-corrected chi connectivity index (χ0v) is 13.4. The monoisotopic (exact) mass is 317 g/mol. The van der Waals surface area contributed by atoms with Gasteiger partial charge in [-0.3, -0.25) is 4.79 Å². The van der Waals surface area contributed by atoms with E-state index in [0.29, 0.717) is 23.3 Å². The Balaban J connectivity index is 1.89. The van der Waals surface area contributed by atoms with Crippen molar-refractivity contribution < 1.29 is 4.79 Å². The first-order chi connectivity index (χ1) is 10.4. The molecule has 0 fully saturated rings. The Kier molecular flexibility index (Phi) is 5.21. The number of nitrogen functional groups attached to an aromatic ring is 2. The van der Waals surface area contributed by atoms with E-state index in [1.165, 1.54) is 23.4 Å². The van der Waals surface area contributed by atoms with E-state index in [-0.39, 0.29) is 11.7 Å². The highest BCUT2D eigenvalue weighted by molar-refractivity contribution is 7.99. The van der Waals surface area contributed by atoms with Gasteiger partial charge in [0.05, 0.1) is 5.75 Å². The molecule has 6 nitrogen and oxygen atoms in total.